The molecule has 100 valence electrons. The van der Waals surface area contributed by atoms with E-state index in [0.717, 1.165) is 10.2 Å². The third kappa shape index (κ3) is 2.76. The topological polar surface area (TPSA) is 70.1 Å². The molecule has 7 heteroatoms. The lowest BCUT2D eigenvalue weighted by Gasteiger charge is -2.03. The summed E-state index contributed by atoms with van der Waals surface area (Å²) in [6, 6.07) is 7.40. The Kier molecular flexibility index (Phi) is 4.16. The van der Waals surface area contributed by atoms with Crippen molar-refractivity contribution in [2.45, 2.75) is 11.8 Å². The molecule has 2 aromatic rings. The molecule has 0 unspecified atom stereocenters. The molecule has 2 N–H and O–H groups in total. The number of hydrogen-bond donors (Lipinski definition) is 2. The maximum atomic E-state index is 11.7. The van der Waals surface area contributed by atoms with E-state index in [4.69, 9.17) is 10.5 Å². The molecule has 5 nitrogen and oxygen atoms in total. The Balaban J connectivity index is 2.49. The molecule has 0 fully saturated rings. The Bertz CT molecular complexity index is 627. The molecule has 1 aromatic heterocycles. The van der Waals surface area contributed by atoms with Crippen molar-refractivity contribution in [1.29, 1.82) is 0 Å². The van der Waals surface area contributed by atoms with Crippen LogP contribution in [0.4, 0.5) is 5.82 Å². The number of nitrogen functional groups attached to an aromatic ring is 1. The number of carbonyl (C=O) groups is 1. The van der Waals surface area contributed by atoms with E-state index in [1.54, 1.807) is 6.92 Å². The van der Waals surface area contributed by atoms with Crippen LogP contribution in [0.5, 0.6) is 0 Å². The summed E-state index contributed by atoms with van der Waals surface area (Å²) in [6.07, 6.45) is 0. The van der Waals surface area contributed by atoms with Crippen LogP contribution >= 0.6 is 28.6 Å². The first kappa shape index (κ1) is 14.0. The number of esters is 1. The van der Waals surface area contributed by atoms with Crippen LogP contribution in [0.15, 0.2) is 33.6 Å². The predicted molar refractivity (Wildman–Crippen MR) is 78.9 cm³/mol. The van der Waals surface area contributed by atoms with Crippen molar-refractivity contribution in [3.63, 3.8) is 0 Å². The summed E-state index contributed by atoms with van der Waals surface area (Å²) < 4.78 is 7.25. The van der Waals surface area contributed by atoms with Crippen LogP contribution in [0.3, 0.4) is 0 Å². The van der Waals surface area contributed by atoms with Crippen molar-refractivity contribution in [1.82, 2.24) is 9.78 Å². The lowest BCUT2D eigenvalue weighted by atomic mass is 10.3. The first-order valence-electron chi connectivity index (χ1n) is 5.55. The molecular weight excluding hydrogens is 330 g/mol. The van der Waals surface area contributed by atoms with Gasteiger partial charge in [0.05, 0.1) is 17.2 Å². The zero-order valence-corrected chi connectivity index (χ0v) is 12.6. The molecule has 0 spiro atoms. The van der Waals surface area contributed by atoms with Gasteiger partial charge in [-0.25, -0.2) is 9.48 Å². The third-order valence-electron chi connectivity index (χ3n) is 2.42. The van der Waals surface area contributed by atoms with Gasteiger partial charge in [-0.2, -0.15) is 5.10 Å². The normalized spacial score (nSPS) is 10.5. The molecule has 0 aliphatic carbocycles. The monoisotopic (exact) mass is 341 g/mol. The molecule has 1 heterocycles. The van der Waals surface area contributed by atoms with E-state index in [1.807, 2.05) is 24.3 Å². The molecule has 0 saturated heterocycles. The zero-order valence-electron chi connectivity index (χ0n) is 10.1. The summed E-state index contributed by atoms with van der Waals surface area (Å²) in [6.45, 7) is 2.00. The lowest BCUT2D eigenvalue weighted by molar-refractivity contribution is 0.0515. The van der Waals surface area contributed by atoms with Gasteiger partial charge in [-0.3, -0.25) is 0 Å². The summed E-state index contributed by atoms with van der Waals surface area (Å²) in [5.41, 5.74) is 6.77. The minimum absolute atomic E-state index is 0.114. The largest absolute Gasteiger partial charge is 0.461 e. The number of halogens is 1. The van der Waals surface area contributed by atoms with Gasteiger partial charge in [0, 0.05) is 4.47 Å². The van der Waals surface area contributed by atoms with Crippen molar-refractivity contribution in [2.24, 2.45) is 0 Å². The van der Waals surface area contributed by atoms with Crippen molar-refractivity contribution >= 4 is 40.3 Å². The van der Waals surface area contributed by atoms with Crippen molar-refractivity contribution in [2.75, 3.05) is 12.3 Å². The highest BCUT2D eigenvalue weighted by atomic mass is 79.9. The van der Waals surface area contributed by atoms with E-state index in [9.17, 15) is 4.79 Å². The standard InChI is InChI=1S/C12H12BrN3O2S/c1-2-18-12(17)9-10(19)11(14)16(15-9)8-5-3-4-7(13)6-8/h3-6,19H,2,14H2,1H3. The van der Waals surface area contributed by atoms with Gasteiger partial charge in [-0.15, -0.1) is 12.6 Å². The molecule has 19 heavy (non-hydrogen) atoms. The Morgan fingerprint density at radius 2 is 2.32 bits per heavy atom. The SMILES string of the molecule is CCOC(=O)c1nn(-c2cccc(Br)c2)c(N)c1S. The van der Waals surface area contributed by atoms with Crippen molar-refractivity contribution in [3.05, 3.63) is 34.4 Å². The van der Waals surface area contributed by atoms with E-state index in [-0.39, 0.29) is 12.3 Å². The number of ether oxygens (including phenoxy) is 1. The molecule has 0 aliphatic rings. The molecular formula is C12H12BrN3O2S. The van der Waals surface area contributed by atoms with Crippen LogP contribution in [-0.2, 0) is 4.74 Å². The average Bonchev–Trinajstić information content (AvgIpc) is 2.67. The maximum Gasteiger partial charge on any atom is 0.360 e. The van der Waals surface area contributed by atoms with Gasteiger partial charge in [-0.1, -0.05) is 22.0 Å². The van der Waals surface area contributed by atoms with E-state index in [0.29, 0.717) is 10.7 Å². The van der Waals surface area contributed by atoms with Gasteiger partial charge in [-0.05, 0) is 25.1 Å². The first-order valence-corrected chi connectivity index (χ1v) is 6.79. The molecule has 0 saturated carbocycles. The van der Waals surface area contributed by atoms with Crippen LogP contribution in [0.25, 0.3) is 5.69 Å². The van der Waals surface area contributed by atoms with Gasteiger partial charge in [0.25, 0.3) is 0 Å². The van der Waals surface area contributed by atoms with E-state index < -0.39 is 5.97 Å². The quantitative estimate of drug-likeness (QED) is 0.665. The van der Waals surface area contributed by atoms with Gasteiger partial charge in [0.2, 0.25) is 0 Å². The second kappa shape index (κ2) is 5.66. The van der Waals surface area contributed by atoms with Crippen molar-refractivity contribution in [3.8, 4) is 5.69 Å². The highest BCUT2D eigenvalue weighted by molar-refractivity contribution is 9.10. The van der Waals surface area contributed by atoms with E-state index >= 15 is 0 Å². The van der Waals surface area contributed by atoms with Crippen LogP contribution < -0.4 is 5.73 Å². The number of anilines is 1. The summed E-state index contributed by atoms with van der Waals surface area (Å²) >= 11 is 7.59. The van der Waals surface area contributed by atoms with Gasteiger partial charge < -0.3 is 10.5 Å². The summed E-state index contributed by atoms with van der Waals surface area (Å²) in [5, 5.41) is 4.16. The Morgan fingerprint density at radius 1 is 1.58 bits per heavy atom. The fraction of sp³-hybridized carbons (Fsp3) is 0.167. The minimum atomic E-state index is -0.534. The molecule has 0 amide bonds. The van der Waals surface area contributed by atoms with Gasteiger partial charge >= 0.3 is 5.97 Å². The highest BCUT2D eigenvalue weighted by Crippen LogP contribution is 2.26. The van der Waals surface area contributed by atoms with Gasteiger partial charge in [0.1, 0.15) is 5.82 Å². The van der Waals surface area contributed by atoms with Gasteiger partial charge in [0.15, 0.2) is 5.69 Å². The van der Waals surface area contributed by atoms with Crippen LogP contribution in [0.2, 0.25) is 0 Å². The lowest BCUT2D eigenvalue weighted by Crippen LogP contribution is -2.07. The number of benzene rings is 1. The third-order valence-corrected chi connectivity index (χ3v) is 3.35. The van der Waals surface area contributed by atoms with E-state index in [2.05, 4.69) is 33.7 Å². The molecule has 0 bridgehead atoms. The van der Waals surface area contributed by atoms with Crippen LogP contribution in [-0.4, -0.2) is 22.4 Å². The summed E-state index contributed by atoms with van der Waals surface area (Å²) in [7, 11) is 0. The Labute approximate surface area is 124 Å². The zero-order chi connectivity index (χ0) is 14.0. The first-order chi connectivity index (χ1) is 9.04. The molecule has 0 radical (unpaired) electrons. The second-order valence-electron chi connectivity index (χ2n) is 3.69. The summed E-state index contributed by atoms with van der Waals surface area (Å²) in [5.74, 6) is -0.238. The Hall–Kier alpha value is -1.47. The number of nitrogens with zero attached hydrogens (tertiary/aromatic N) is 2. The highest BCUT2D eigenvalue weighted by Gasteiger charge is 2.20. The Morgan fingerprint density at radius 3 is 2.95 bits per heavy atom. The molecule has 0 atom stereocenters. The van der Waals surface area contributed by atoms with Crippen LogP contribution in [0, 0.1) is 0 Å². The fourth-order valence-electron chi connectivity index (χ4n) is 1.56. The summed E-state index contributed by atoms with van der Waals surface area (Å²) in [4.78, 5) is 12.0. The number of hydrogen-bond acceptors (Lipinski definition) is 5. The van der Waals surface area contributed by atoms with E-state index in [1.165, 1.54) is 4.68 Å². The number of nitrogens with two attached hydrogens (primary N) is 1. The average molecular weight is 342 g/mol. The smallest absolute Gasteiger partial charge is 0.360 e. The maximum absolute atomic E-state index is 11.7. The van der Waals surface area contributed by atoms with Crippen molar-refractivity contribution < 1.29 is 9.53 Å². The fourth-order valence-corrected chi connectivity index (χ4v) is 2.18. The minimum Gasteiger partial charge on any atom is -0.461 e. The molecule has 0 aliphatic heterocycles. The second-order valence-corrected chi connectivity index (χ2v) is 5.06. The number of rotatable bonds is 3. The number of carbonyl (C=O) groups excluding carboxylic acids is 1. The molecule has 2 rings (SSSR count). The number of aromatic nitrogens is 2. The molecule has 1 aromatic carbocycles. The van der Waals surface area contributed by atoms with Crippen LogP contribution in [0.1, 0.15) is 17.4 Å². The predicted octanol–water partition coefficient (Wildman–Crippen LogP) is 2.68. The number of thiol groups is 1.